The van der Waals surface area contributed by atoms with Crippen LogP contribution >= 0.6 is 0 Å². The van der Waals surface area contributed by atoms with Crippen molar-refractivity contribution < 1.29 is 19.0 Å². The average Bonchev–Trinajstić information content (AvgIpc) is 2.45. The quantitative estimate of drug-likeness (QED) is 0.395. The fourth-order valence-electron chi connectivity index (χ4n) is 2.31. The van der Waals surface area contributed by atoms with Crippen molar-refractivity contribution in [3.8, 4) is 5.75 Å². The van der Waals surface area contributed by atoms with Gasteiger partial charge in [0.05, 0.1) is 13.2 Å². The highest BCUT2D eigenvalue weighted by Crippen LogP contribution is 2.32. The first-order chi connectivity index (χ1) is 10.0. The van der Waals surface area contributed by atoms with E-state index < -0.39 is 0 Å². The van der Waals surface area contributed by atoms with Gasteiger partial charge in [-0.2, -0.15) is 0 Å². The Bertz CT molecular complexity index is 452. The third-order valence-corrected chi connectivity index (χ3v) is 3.28. The summed E-state index contributed by atoms with van der Waals surface area (Å²) in [7, 11) is 1.63. The van der Waals surface area contributed by atoms with E-state index in [0.717, 1.165) is 17.4 Å². The highest BCUT2D eigenvalue weighted by molar-refractivity contribution is 5.79. The molecule has 0 spiro atoms. The van der Waals surface area contributed by atoms with E-state index in [4.69, 9.17) is 14.2 Å². The fraction of sp³-hybridized carbons (Fsp3) is 0.588. The van der Waals surface area contributed by atoms with Crippen molar-refractivity contribution in [2.75, 3.05) is 27.1 Å². The molecule has 0 N–H and O–H groups in total. The van der Waals surface area contributed by atoms with Crippen molar-refractivity contribution in [2.24, 2.45) is 0 Å². The van der Waals surface area contributed by atoms with Gasteiger partial charge >= 0.3 is 0 Å². The molecule has 0 unspecified atom stereocenters. The van der Waals surface area contributed by atoms with Crippen LogP contribution < -0.4 is 4.74 Å². The zero-order chi connectivity index (χ0) is 15.8. The average molecular weight is 294 g/mol. The molecule has 0 fully saturated rings. The molecule has 0 atom stereocenters. The van der Waals surface area contributed by atoms with Crippen LogP contribution in [0.25, 0.3) is 0 Å². The van der Waals surface area contributed by atoms with E-state index in [1.165, 1.54) is 0 Å². The van der Waals surface area contributed by atoms with Crippen LogP contribution in [0.4, 0.5) is 0 Å². The Morgan fingerprint density at radius 3 is 2.33 bits per heavy atom. The number of carbonyl (C=O) groups is 1. The zero-order valence-corrected chi connectivity index (χ0v) is 13.6. The summed E-state index contributed by atoms with van der Waals surface area (Å²) in [4.78, 5) is 11.4. The Balaban J connectivity index is 2.91. The minimum absolute atomic E-state index is 0.153. The lowest BCUT2D eigenvalue weighted by molar-refractivity contribution is -0.00853. The summed E-state index contributed by atoms with van der Waals surface area (Å²) in [5, 5.41) is 0. The van der Waals surface area contributed by atoms with E-state index in [0.29, 0.717) is 36.4 Å². The minimum Gasteiger partial charge on any atom is -0.468 e. The van der Waals surface area contributed by atoms with Gasteiger partial charge in [-0.25, -0.2) is 0 Å². The maximum Gasteiger partial charge on any atom is 0.189 e. The molecule has 1 rings (SSSR count). The van der Waals surface area contributed by atoms with E-state index in [9.17, 15) is 4.79 Å². The minimum atomic E-state index is 0.153. The van der Waals surface area contributed by atoms with E-state index in [1.807, 2.05) is 6.07 Å². The van der Waals surface area contributed by atoms with Gasteiger partial charge in [-0.3, -0.25) is 4.79 Å². The molecule has 1 aromatic rings. The van der Waals surface area contributed by atoms with Gasteiger partial charge < -0.3 is 14.2 Å². The normalized spacial score (nSPS) is 11.2. The summed E-state index contributed by atoms with van der Waals surface area (Å²) in [5.74, 6) is 1.30. The summed E-state index contributed by atoms with van der Waals surface area (Å²) in [6.45, 7) is 9.61. The second kappa shape index (κ2) is 8.80. The molecule has 0 amide bonds. The van der Waals surface area contributed by atoms with E-state index in [1.54, 1.807) is 13.2 Å². The summed E-state index contributed by atoms with van der Waals surface area (Å²) in [6.07, 6.45) is 0.903. The smallest absolute Gasteiger partial charge is 0.189 e. The number of hydrogen-bond donors (Lipinski definition) is 0. The Morgan fingerprint density at radius 2 is 1.81 bits per heavy atom. The van der Waals surface area contributed by atoms with E-state index in [2.05, 4.69) is 27.7 Å². The summed E-state index contributed by atoms with van der Waals surface area (Å²) < 4.78 is 15.8. The molecular formula is C17H26O4. The molecule has 0 aliphatic heterocycles. The van der Waals surface area contributed by atoms with Crippen molar-refractivity contribution in [1.82, 2.24) is 0 Å². The topological polar surface area (TPSA) is 44.8 Å². The molecule has 0 bridgehead atoms. The van der Waals surface area contributed by atoms with Gasteiger partial charge in [0, 0.05) is 12.7 Å². The molecule has 0 heterocycles. The first-order valence-corrected chi connectivity index (χ1v) is 7.33. The van der Waals surface area contributed by atoms with Crippen molar-refractivity contribution in [3.63, 3.8) is 0 Å². The van der Waals surface area contributed by atoms with Crippen molar-refractivity contribution in [1.29, 1.82) is 0 Å². The van der Waals surface area contributed by atoms with Crippen LogP contribution in [0.3, 0.4) is 0 Å². The molecule has 21 heavy (non-hydrogen) atoms. The molecule has 0 aliphatic rings. The molecule has 0 saturated heterocycles. The Hall–Kier alpha value is -1.39. The molecule has 4 heteroatoms. The van der Waals surface area contributed by atoms with Gasteiger partial charge in [0.15, 0.2) is 6.79 Å². The van der Waals surface area contributed by atoms with Crippen LogP contribution in [0.15, 0.2) is 12.1 Å². The predicted octanol–water partition coefficient (Wildman–Crippen LogP) is 3.75. The summed E-state index contributed by atoms with van der Waals surface area (Å²) in [5.41, 5.74) is 2.96. The number of carbonyl (C=O) groups excluding carboxylic acids is 1. The number of hydrogen-bond acceptors (Lipinski definition) is 4. The first-order valence-electron chi connectivity index (χ1n) is 7.33. The van der Waals surface area contributed by atoms with Gasteiger partial charge in [-0.1, -0.05) is 27.7 Å². The summed E-state index contributed by atoms with van der Waals surface area (Å²) in [6, 6.07) is 3.79. The van der Waals surface area contributed by atoms with Crippen molar-refractivity contribution >= 4 is 6.29 Å². The molecule has 0 saturated carbocycles. The molecule has 0 radical (unpaired) electrons. The molecule has 4 nitrogen and oxygen atoms in total. The second-order valence-corrected chi connectivity index (χ2v) is 5.61. The SMILES string of the molecule is COCCOCOc1cc(C=O)c(C(C)C)c(C(C)C)c1. The standard InChI is InChI=1S/C17H26O4/c1-12(2)16-9-15(21-11-20-7-6-19-5)8-14(10-18)17(16)13(3)4/h8-10,12-13H,6-7,11H2,1-5H3. The van der Waals surface area contributed by atoms with Crippen LogP contribution in [0.2, 0.25) is 0 Å². The predicted molar refractivity (Wildman–Crippen MR) is 83.3 cm³/mol. The number of methoxy groups -OCH3 is 1. The van der Waals surface area contributed by atoms with Gasteiger partial charge in [0.25, 0.3) is 0 Å². The molecular weight excluding hydrogens is 268 g/mol. The van der Waals surface area contributed by atoms with Gasteiger partial charge in [-0.15, -0.1) is 0 Å². The molecule has 1 aromatic carbocycles. The monoisotopic (exact) mass is 294 g/mol. The van der Waals surface area contributed by atoms with Crippen molar-refractivity contribution in [2.45, 2.75) is 39.5 Å². The second-order valence-electron chi connectivity index (χ2n) is 5.61. The largest absolute Gasteiger partial charge is 0.468 e. The third-order valence-electron chi connectivity index (χ3n) is 3.28. The van der Waals surface area contributed by atoms with Crippen molar-refractivity contribution in [3.05, 3.63) is 28.8 Å². The maximum atomic E-state index is 11.4. The third kappa shape index (κ3) is 5.14. The van der Waals surface area contributed by atoms with Gasteiger partial charge in [0.2, 0.25) is 0 Å². The number of aldehydes is 1. The molecule has 0 aromatic heterocycles. The lowest BCUT2D eigenvalue weighted by Gasteiger charge is -2.20. The molecule has 118 valence electrons. The highest BCUT2D eigenvalue weighted by Gasteiger charge is 2.16. The lowest BCUT2D eigenvalue weighted by atomic mass is 9.87. The maximum absolute atomic E-state index is 11.4. The fourth-order valence-corrected chi connectivity index (χ4v) is 2.31. The highest BCUT2D eigenvalue weighted by atomic mass is 16.7. The Labute approximate surface area is 127 Å². The number of benzene rings is 1. The van der Waals surface area contributed by atoms with Crippen LogP contribution in [0.5, 0.6) is 5.75 Å². The number of rotatable bonds is 9. The molecule has 0 aliphatic carbocycles. The summed E-state index contributed by atoms with van der Waals surface area (Å²) >= 11 is 0. The van der Waals surface area contributed by atoms with Crippen LogP contribution in [0.1, 0.15) is 61.0 Å². The van der Waals surface area contributed by atoms with E-state index >= 15 is 0 Å². The zero-order valence-electron chi connectivity index (χ0n) is 13.6. The van der Waals surface area contributed by atoms with Gasteiger partial charge in [0.1, 0.15) is 12.0 Å². The Kier molecular flexibility index (Phi) is 7.40. The van der Waals surface area contributed by atoms with E-state index in [-0.39, 0.29) is 6.79 Å². The van der Waals surface area contributed by atoms with Crippen LogP contribution in [-0.4, -0.2) is 33.4 Å². The first kappa shape index (κ1) is 17.7. The number of ether oxygens (including phenoxy) is 3. The Morgan fingerprint density at radius 1 is 1.10 bits per heavy atom. The van der Waals surface area contributed by atoms with Crippen LogP contribution in [0, 0.1) is 0 Å². The van der Waals surface area contributed by atoms with Crippen LogP contribution in [-0.2, 0) is 9.47 Å². The van der Waals surface area contributed by atoms with Gasteiger partial charge in [-0.05, 0) is 35.1 Å². The lowest BCUT2D eigenvalue weighted by Crippen LogP contribution is -2.09.